The van der Waals surface area contributed by atoms with Crippen molar-refractivity contribution in [1.82, 2.24) is 0 Å². The molecule has 0 bridgehead atoms. The normalized spacial score (nSPS) is 40.9. The summed E-state index contributed by atoms with van der Waals surface area (Å²) in [6.45, 7) is 3.14. The van der Waals surface area contributed by atoms with Crippen LogP contribution in [-0.4, -0.2) is 23.3 Å². The molecule has 3 heteroatoms. The Morgan fingerprint density at radius 3 is 2.65 bits per heavy atom. The molecule has 1 spiro atoms. The molecule has 3 rings (SSSR count). The SMILES string of the molecule is CC1CCC(C(=O)O)C(C2CCOC3(CCCC3)C2)C1. The molecule has 4 atom stereocenters. The number of carbonyl (C=O) groups is 1. The van der Waals surface area contributed by atoms with Gasteiger partial charge in [0.1, 0.15) is 0 Å². The zero-order chi connectivity index (χ0) is 14.2. The zero-order valence-corrected chi connectivity index (χ0v) is 12.6. The summed E-state index contributed by atoms with van der Waals surface area (Å²) < 4.78 is 6.12. The van der Waals surface area contributed by atoms with Gasteiger partial charge in [0.15, 0.2) is 0 Å². The van der Waals surface area contributed by atoms with Gasteiger partial charge in [0.05, 0.1) is 11.5 Å². The highest BCUT2D eigenvalue weighted by molar-refractivity contribution is 5.70. The van der Waals surface area contributed by atoms with Crippen molar-refractivity contribution in [3.63, 3.8) is 0 Å². The minimum absolute atomic E-state index is 0.104. The smallest absolute Gasteiger partial charge is 0.306 e. The number of rotatable bonds is 2. The van der Waals surface area contributed by atoms with Gasteiger partial charge in [-0.15, -0.1) is 0 Å². The average Bonchev–Trinajstić information content (AvgIpc) is 2.86. The largest absolute Gasteiger partial charge is 0.481 e. The van der Waals surface area contributed by atoms with E-state index in [1.165, 1.54) is 25.7 Å². The Bertz CT molecular complexity index is 359. The topological polar surface area (TPSA) is 46.5 Å². The van der Waals surface area contributed by atoms with E-state index in [1.807, 2.05) is 0 Å². The van der Waals surface area contributed by atoms with Crippen LogP contribution in [0.4, 0.5) is 0 Å². The first-order chi connectivity index (χ1) is 9.60. The van der Waals surface area contributed by atoms with Crippen molar-refractivity contribution in [2.75, 3.05) is 6.61 Å². The first kappa shape index (κ1) is 14.4. The Balaban J connectivity index is 1.73. The first-order valence-corrected chi connectivity index (χ1v) is 8.46. The van der Waals surface area contributed by atoms with E-state index < -0.39 is 5.97 Å². The van der Waals surface area contributed by atoms with Gasteiger partial charge in [0, 0.05) is 6.61 Å². The van der Waals surface area contributed by atoms with Crippen LogP contribution in [0.1, 0.15) is 64.7 Å². The number of hydrogen-bond donors (Lipinski definition) is 1. The van der Waals surface area contributed by atoms with Crippen LogP contribution in [0.25, 0.3) is 0 Å². The number of ether oxygens (including phenoxy) is 1. The second kappa shape index (κ2) is 5.67. The summed E-state index contributed by atoms with van der Waals surface area (Å²) in [4.78, 5) is 11.6. The minimum Gasteiger partial charge on any atom is -0.481 e. The van der Waals surface area contributed by atoms with Crippen molar-refractivity contribution in [3.05, 3.63) is 0 Å². The van der Waals surface area contributed by atoms with Crippen molar-refractivity contribution >= 4 is 5.97 Å². The fourth-order valence-electron chi connectivity index (χ4n) is 5.05. The van der Waals surface area contributed by atoms with Gasteiger partial charge < -0.3 is 9.84 Å². The summed E-state index contributed by atoms with van der Waals surface area (Å²) in [5.41, 5.74) is 0.118. The highest BCUT2D eigenvalue weighted by Crippen LogP contribution is 2.48. The Morgan fingerprint density at radius 1 is 1.20 bits per heavy atom. The van der Waals surface area contributed by atoms with Crippen LogP contribution >= 0.6 is 0 Å². The van der Waals surface area contributed by atoms with Crippen molar-refractivity contribution < 1.29 is 14.6 Å². The number of hydrogen-bond acceptors (Lipinski definition) is 2. The molecule has 0 aromatic rings. The predicted molar refractivity (Wildman–Crippen MR) is 77.5 cm³/mol. The van der Waals surface area contributed by atoms with Gasteiger partial charge in [-0.25, -0.2) is 0 Å². The monoisotopic (exact) mass is 280 g/mol. The highest BCUT2D eigenvalue weighted by atomic mass is 16.5. The molecule has 20 heavy (non-hydrogen) atoms. The van der Waals surface area contributed by atoms with E-state index in [4.69, 9.17) is 4.74 Å². The summed E-state index contributed by atoms with van der Waals surface area (Å²) in [5.74, 6) is 0.989. The van der Waals surface area contributed by atoms with Gasteiger partial charge in [-0.05, 0) is 62.7 Å². The lowest BCUT2D eigenvalue weighted by Crippen LogP contribution is -2.43. The van der Waals surface area contributed by atoms with Crippen LogP contribution in [0.3, 0.4) is 0 Å². The third-order valence-corrected chi connectivity index (χ3v) is 6.13. The van der Waals surface area contributed by atoms with E-state index in [2.05, 4.69) is 6.92 Å². The van der Waals surface area contributed by atoms with Crippen LogP contribution in [0.15, 0.2) is 0 Å². The molecule has 1 saturated heterocycles. The van der Waals surface area contributed by atoms with Crippen molar-refractivity contribution in [2.24, 2.45) is 23.7 Å². The molecule has 0 aromatic heterocycles. The average molecular weight is 280 g/mol. The molecule has 2 saturated carbocycles. The highest BCUT2D eigenvalue weighted by Gasteiger charge is 2.45. The minimum atomic E-state index is -0.561. The Labute approximate surface area is 122 Å². The van der Waals surface area contributed by atoms with Gasteiger partial charge in [-0.2, -0.15) is 0 Å². The van der Waals surface area contributed by atoms with Crippen LogP contribution in [0.2, 0.25) is 0 Å². The lowest BCUT2D eigenvalue weighted by Gasteiger charge is -2.45. The molecular formula is C17H28O3. The molecule has 1 aliphatic heterocycles. The van der Waals surface area contributed by atoms with Crippen molar-refractivity contribution in [1.29, 1.82) is 0 Å². The van der Waals surface area contributed by atoms with Gasteiger partial charge in [0.25, 0.3) is 0 Å². The summed E-state index contributed by atoms with van der Waals surface area (Å²) in [6, 6.07) is 0. The fourth-order valence-corrected chi connectivity index (χ4v) is 5.05. The zero-order valence-electron chi connectivity index (χ0n) is 12.6. The lowest BCUT2D eigenvalue weighted by atomic mass is 9.65. The molecule has 3 nitrogen and oxygen atoms in total. The van der Waals surface area contributed by atoms with Crippen LogP contribution in [-0.2, 0) is 9.53 Å². The van der Waals surface area contributed by atoms with Crippen LogP contribution in [0, 0.1) is 23.7 Å². The Morgan fingerprint density at radius 2 is 1.95 bits per heavy atom. The molecule has 1 heterocycles. The van der Waals surface area contributed by atoms with Gasteiger partial charge in [0.2, 0.25) is 0 Å². The standard InChI is InChI=1S/C17H28O3/c1-12-4-5-14(16(18)19)15(10-12)13-6-9-20-17(11-13)7-2-3-8-17/h12-15H,2-11H2,1H3,(H,18,19). The summed E-state index contributed by atoms with van der Waals surface area (Å²) in [7, 11) is 0. The maximum Gasteiger partial charge on any atom is 0.306 e. The van der Waals surface area contributed by atoms with E-state index in [0.29, 0.717) is 17.8 Å². The molecule has 4 unspecified atom stereocenters. The van der Waals surface area contributed by atoms with Gasteiger partial charge in [-0.3, -0.25) is 4.79 Å². The quantitative estimate of drug-likeness (QED) is 0.835. The molecule has 3 fully saturated rings. The summed E-state index contributed by atoms with van der Waals surface area (Å²) in [5, 5.41) is 9.55. The number of carboxylic acids is 1. The molecule has 3 aliphatic rings. The third kappa shape index (κ3) is 2.74. The number of carboxylic acid groups (broad SMARTS) is 1. The molecule has 0 radical (unpaired) electrons. The maximum atomic E-state index is 11.6. The van der Waals surface area contributed by atoms with Crippen molar-refractivity contribution in [3.8, 4) is 0 Å². The van der Waals surface area contributed by atoms with E-state index in [0.717, 1.165) is 38.7 Å². The van der Waals surface area contributed by atoms with Gasteiger partial charge >= 0.3 is 5.97 Å². The van der Waals surface area contributed by atoms with E-state index in [1.54, 1.807) is 0 Å². The maximum absolute atomic E-state index is 11.6. The van der Waals surface area contributed by atoms with E-state index in [-0.39, 0.29) is 11.5 Å². The van der Waals surface area contributed by atoms with Crippen LogP contribution in [0.5, 0.6) is 0 Å². The third-order valence-electron chi connectivity index (χ3n) is 6.13. The van der Waals surface area contributed by atoms with Gasteiger partial charge in [-0.1, -0.05) is 19.8 Å². The Kier molecular flexibility index (Phi) is 4.07. The van der Waals surface area contributed by atoms with E-state index in [9.17, 15) is 9.90 Å². The molecule has 0 aromatic carbocycles. The molecule has 114 valence electrons. The second-order valence-corrected chi connectivity index (χ2v) is 7.52. The molecule has 2 aliphatic carbocycles. The molecule has 0 amide bonds. The lowest BCUT2D eigenvalue weighted by molar-refractivity contribution is -0.151. The fraction of sp³-hybridized carbons (Fsp3) is 0.941. The summed E-state index contributed by atoms with van der Waals surface area (Å²) >= 11 is 0. The molecule has 1 N–H and O–H groups in total. The second-order valence-electron chi connectivity index (χ2n) is 7.52. The molecular weight excluding hydrogens is 252 g/mol. The van der Waals surface area contributed by atoms with E-state index >= 15 is 0 Å². The van der Waals surface area contributed by atoms with Crippen LogP contribution < -0.4 is 0 Å². The first-order valence-electron chi connectivity index (χ1n) is 8.46. The summed E-state index contributed by atoms with van der Waals surface area (Å²) in [6.07, 6.45) is 10.2. The predicted octanol–water partition coefficient (Wildman–Crippen LogP) is 3.86. The number of aliphatic carboxylic acids is 1. The van der Waals surface area contributed by atoms with Crippen molar-refractivity contribution in [2.45, 2.75) is 70.3 Å². The Hall–Kier alpha value is -0.570.